The van der Waals surface area contributed by atoms with Crippen molar-refractivity contribution in [1.29, 1.82) is 0 Å². The third kappa shape index (κ3) is 3.61. The maximum Gasteiger partial charge on any atom is 0.203 e. The number of methoxy groups -OCH3 is 3. The molecule has 4 rings (SSSR count). The van der Waals surface area contributed by atoms with Gasteiger partial charge in [0.2, 0.25) is 5.75 Å². The van der Waals surface area contributed by atoms with Crippen LogP contribution in [0.5, 0.6) is 17.2 Å². The van der Waals surface area contributed by atoms with E-state index < -0.39 is 0 Å². The Balaban J connectivity index is 1.65. The van der Waals surface area contributed by atoms with E-state index in [0.717, 1.165) is 38.2 Å². The number of nitrogens with zero attached hydrogens (tertiary/aromatic N) is 4. The minimum atomic E-state index is 0.549. The third-order valence-corrected chi connectivity index (χ3v) is 5.73. The molecule has 7 nitrogen and oxygen atoms in total. The minimum absolute atomic E-state index is 0.549. The fraction of sp³-hybridized carbons (Fsp3) is 0.227. The van der Waals surface area contributed by atoms with E-state index in [-0.39, 0.29) is 0 Å². The highest BCUT2D eigenvalue weighted by Crippen LogP contribution is 2.42. The van der Waals surface area contributed by atoms with Crippen LogP contribution in [0.25, 0.3) is 26.8 Å². The Morgan fingerprint density at radius 2 is 1.37 bits per heavy atom. The van der Waals surface area contributed by atoms with Gasteiger partial charge in [0, 0.05) is 16.8 Å². The normalized spacial score (nSPS) is 10.8. The van der Waals surface area contributed by atoms with Crippen LogP contribution >= 0.6 is 11.3 Å². The van der Waals surface area contributed by atoms with Crippen LogP contribution in [-0.4, -0.2) is 41.3 Å². The summed E-state index contributed by atoms with van der Waals surface area (Å²) < 4.78 is 18.2. The van der Waals surface area contributed by atoms with Crippen molar-refractivity contribution in [3.8, 4) is 44.1 Å². The van der Waals surface area contributed by atoms with Gasteiger partial charge in [0.15, 0.2) is 11.5 Å². The van der Waals surface area contributed by atoms with Crippen LogP contribution < -0.4 is 14.2 Å². The van der Waals surface area contributed by atoms with Gasteiger partial charge in [0.25, 0.3) is 0 Å². The van der Waals surface area contributed by atoms with Gasteiger partial charge in [-0.3, -0.25) is 0 Å². The fourth-order valence-electron chi connectivity index (χ4n) is 3.30. The molecule has 2 aromatic carbocycles. The SMILES string of the molecule is COc1cc(-c2nnc(-c3ccc(-n4nc(C)cc4C)cc3)s2)cc(OC)c1OC. The summed E-state index contributed by atoms with van der Waals surface area (Å²) in [6.45, 7) is 4.03. The van der Waals surface area contributed by atoms with E-state index in [4.69, 9.17) is 14.2 Å². The molecule has 0 bridgehead atoms. The zero-order valence-electron chi connectivity index (χ0n) is 17.5. The molecule has 0 fully saturated rings. The van der Waals surface area contributed by atoms with E-state index in [1.807, 2.05) is 54.9 Å². The van der Waals surface area contributed by atoms with Gasteiger partial charge in [0.05, 0.1) is 32.7 Å². The molecule has 4 aromatic rings. The van der Waals surface area contributed by atoms with Crippen LogP contribution in [0, 0.1) is 13.8 Å². The largest absolute Gasteiger partial charge is 0.493 e. The smallest absolute Gasteiger partial charge is 0.203 e. The topological polar surface area (TPSA) is 71.3 Å². The van der Waals surface area contributed by atoms with E-state index in [9.17, 15) is 0 Å². The summed E-state index contributed by atoms with van der Waals surface area (Å²) in [4.78, 5) is 0. The molecule has 30 heavy (non-hydrogen) atoms. The first-order chi connectivity index (χ1) is 14.5. The molecule has 0 spiro atoms. The first-order valence-corrected chi connectivity index (χ1v) is 10.1. The first kappa shape index (κ1) is 19.9. The molecule has 0 aliphatic rings. The first-order valence-electron chi connectivity index (χ1n) is 9.32. The van der Waals surface area contributed by atoms with Crippen LogP contribution in [-0.2, 0) is 0 Å². The second kappa shape index (κ2) is 8.16. The maximum absolute atomic E-state index is 5.44. The Morgan fingerprint density at radius 1 is 0.767 bits per heavy atom. The Labute approximate surface area is 178 Å². The van der Waals surface area contributed by atoms with Crippen molar-refractivity contribution in [3.05, 3.63) is 53.9 Å². The highest BCUT2D eigenvalue weighted by molar-refractivity contribution is 7.17. The Hall–Kier alpha value is -3.39. The van der Waals surface area contributed by atoms with Crippen LogP contribution in [0.15, 0.2) is 42.5 Å². The maximum atomic E-state index is 5.44. The Morgan fingerprint density at radius 3 is 1.87 bits per heavy atom. The van der Waals surface area contributed by atoms with Crippen LogP contribution in [0.2, 0.25) is 0 Å². The molecule has 0 saturated carbocycles. The van der Waals surface area contributed by atoms with Crippen LogP contribution in [0.3, 0.4) is 0 Å². The van der Waals surface area contributed by atoms with Crippen molar-refractivity contribution in [3.63, 3.8) is 0 Å². The van der Waals surface area contributed by atoms with E-state index in [0.29, 0.717) is 17.2 Å². The average molecular weight is 423 g/mol. The summed E-state index contributed by atoms with van der Waals surface area (Å²) in [5.74, 6) is 1.71. The van der Waals surface area contributed by atoms with Crippen molar-refractivity contribution in [2.24, 2.45) is 0 Å². The van der Waals surface area contributed by atoms with Crippen LogP contribution in [0.1, 0.15) is 11.4 Å². The Kier molecular flexibility index (Phi) is 5.41. The predicted molar refractivity (Wildman–Crippen MR) is 117 cm³/mol. The quantitative estimate of drug-likeness (QED) is 0.449. The number of rotatable bonds is 6. The number of hydrogen-bond acceptors (Lipinski definition) is 7. The Bertz CT molecular complexity index is 1160. The zero-order valence-corrected chi connectivity index (χ0v) is 18.3. The highest BCUT2D eigenvalue weighted by atomic mass is 32.1. The lowest BCUT2D eigenvalue weighted by Gasteiger charge is -2.13. The third-order valence-electron chi connectivity index (χ3n) is 4.71. The predicted octanol–water partition coefficient (Wildman–Crippen LogP) is 4.70. The van der Waals surface area contributed by atoms with E-state index in [1.54, 1.807) is 21.3 Å². The molecule has 2 aromatic heterocycles. The molecule has 0 amide bonds. The van der Waals surface area contributed by atoms with Gasteiger partial charge in [0.1, 0.15) is 10.0 Å². The van der Waals surface area contributed by atoms with Gasteiger partial charge in [-0.1, -0.05) is 11.3 Å². The molecule has 0 aliphatic carbocycles. The second-order valence-electron chi connectivity index (χ2n) is 6.71. The lowest BCUT2D eigenvalue weighted by molar-refractivity contribution is 0.324. The molecule has 0 radical (unpaired) electrons. The fourth-order valence-corrected chi connectivity index (χ4v) is 4.13. The summed E-state index contributed by atoms with van der Waals surface area (Å²) in [5.41, 5.74) is 4.96. The molecule has 8 heteroatoms. The van der Waals surface area contributed by atoms with Crippen molar-refractivity contribution in [2.45, 2.75) is 13.8 Å². The van der Waals surface area contributed by atoms with Crippen molar-refractivity contribution in [1.82, 2.24) is 20.0 Å². The molecule has 0 aliphatic heterocycles. The number of aromatic nitrogens is 4. The monoisotopic (exact) mass is 422 g/mol. The summed E-state index contributed by atoms with van der Waals surface area (Å²) in [5, 5.41) is 14.9. The molecule has 0 atom stereocenters. The van der Waals surface area contributed by atoms with Gasteiger partial charge in [-0.05, 0) is 56.3 Å². The number of hydrogen-bond donors (Lipinski definition) is 0. The van der Waals surface area contributed by atoms with E-state index in [1.165, 1.54) is 11.3 Å². The summed E-state index contributed by atoms with van der Waals surface area (Å²) >= 11 is 1.50. The van der Waals surface area contributed by atoms with E-state index in [2.05, 4.69) is 21.4 Å². The lowest BCUT2D eigenvalue weighted by Crippen LogP contribution is -1.98. The summed E-state index contributed by atoms with van der Waals surface area (Å²) in [7, 11) is 4.77. The number of aryl methyl sites for hydroxylation is 2. The highest BCUT2D eigenvalue weighted by Gasteiger charge is 2.17. The second-order valence-corrected chi connectivity index (χ2v) is 7.69. The molecular weight excluding hydrogens is 400 g/mol. The summed E-state index contributed by atoms with van der Waals surface area (Å²) in [6, 6.07) is 13.9. The van der Waals surface area contributed by atoms with Crippen molar-refractivity contribution >= 4 is 11.3 Å². The molecule has 0 unspecified atom stereocenters. The molecular formula is C22H22N4O3S. The molecule has 154 valence electrons. The zero-order chi connectivity index (χ0) is 21.3. The van der Waals surface area contributed by atoms with Gasteiger partial charge < -0.3 is 14.2 Å². The lowest BCUT2D eigenvalue weighted by atomic mass is 10.2. The van der Waals surface area contributed by atoms with Crippen LogP contribution in [0.4, 0.5) is 0 Å². The van der Waals surface area contributed by atoms with Gasteiger partial charge >= 0.3 is 0 Å². The van der Waals surface area contributed by atoms with E-state index >= 15 is 0 Å². The average Bonchev–Trinajstić information content (AvgIpc) is 3.39. The van der Waals surface area contributed by atoms with Gasteiger partial charge in [-0.25, -0.2) is 4.68 Å². The van der Waals surface area contributed by atoms with Crippen molar-refractivity contribution in [2.75, 3.05) is 21.3 Å². The molecule has 2 heterocycles. The van der Waals surface area contributed by atoms with Gasteiger partial charge in [-0.15, -0.1) is 10.2 Å². The number of ether oxygens (including phenoxy) is 3. The standard InChI is InChI=1S/C22H22N4O3S/c1-13-10-14(2)26(25-13)17-8-6-15(7-9-17)21-23-24-22(30-21)16-11-18(27-3)20(29-5)19(12-16)28-4/h6-12H,1-5H3. The summed E-state index contributed by atoms with van der Waals surface area (Å²) in [6.07, 6.45) is 0. The number of benzene rings is 2. The minimum Gasteiger partial charge on any atom is -0.493 e. The molecule has 0 saturated heterocycles. The molecule has 0 N–H and O–H groups in total. The van der Waals surface area contributed by atoms with Gasteiger partial charge in [-0.2, -0.15) is 5.10 Å². The van der Waals surface area contributed by atoms with Crippen molar-refractivity contribution < 1.29 is 14.2 Å².